The van der Waals surface area contributed by atoms with E-state index >= 15 is 0 Å². The standard InChI is InChI=1S/C16H18N2O3/c1-11-5-4-10-17-15(11)18-16(19)12(2)21-14-8-6-13(20-3)7-9-14/h4-10,12H,1-3H3,(H,17,18,19)/t12-/m0/s1. The predicted molar refractivity (Wildman–Crippen MR) is 80.7 cm³/mol. The quantitative estimate of drug-likeness (QED) is 0.918. The average Bonchev–Trinajstić information content (AvgIpc) is 2.50. The molecule has 0 aliphatic rings. The molecule has 1 aromatic heterocycles. The van der Waals surface area contributed by atoms with Crippen LogP contribution in [0.2, 0.25) is 0 Å². The van der Waals surface area contributed by atoms with Crippen LogP contribution in [0.3, 0.4) is 0 Å². The second-order valence-corrected chi connectivity index (χ2v) is 4.59. The van der Waals surface area contributed by atoms with Crippen LogP contribution < -0.4 is 14.8 Å². The monoisotopic (exact) mass is 286 g/mol. The fourth-order valence-electron chi connectivity index (χ4n) is 1.75. The summed E-state index contributed by atoms with van der Waals surface area (Å²) < 4.78 is 10.7. The first-order chi connectivity index (χ1) is 10.1. The summed E-state index contributed by atoms with van der Waals surface area (Å²) in [6, 6.07) is 10.8. The van der Waals surface area contributed by atoms with E-state index in [0.717, 1.165) is 11.3 Å². The molecule has 0 radical (unpaired) electrons. The second-order valence-electron chi connectivity index (χ2n) is 4.59. The van der Waals surface area contributed by atoms with Gasteiger partial charge in [0.2, 0.25) is 0 Å². The molecule has 1 amide bonds. The number of rotatable bonds is 5. The molecule has 0 unspecified atom stereocenters. The zero-order chi connectivity index (χ0) is 15.2. The Morgan fingerprint density at radius 3 is 2.48 bits per heavy atom. The fourth-order valence-corrected chi connectivity index (χ4v) is 1.75. The van der Waals surface area contributed by atoms with Crippen LogP contribution in [-0.2, 0) is 4.79 Å². The number of pyridine rings is 1. The molecule has 0 saturated heterocycles. The van der Waals surface area contributed by atoms with Crippen molar-refractivity contribution in [3.63, 3.8) is 0 Å². The zero-order valence-electron chi connectivity index (χ0n) is 12.3. The Morgan fingerprint density at radius 1 is 1.19 bits per heavy atom. The van der Waals surface area contributed by atoms with E-state index in [0.29, 0.717) is 11.6 Å². The number of ether oxygens (including phenoxy) is 2. The van der Waals surface area contributed by atoms with Crippen LogP contribution in [-0.4, -0.2) is 24.1 Å². The summed E-state index contributed by atoms with van der Waals surface area (Å²) >= 11 is 0. The van der Waals surface area contributed by atoms with Gasteiger partial charge in [-0.1, -0.05) is 6.07 Å². The Labute approximate surface area is 123 Å². The molecule has 5 heteroatoms. The molecular weight excluding hydrogens is 268 g/mol. The average molecular weight is 286 g/mol. The van der Waals surface area contributed by atoms with Gasteiger partial charge in [0.1, 0.15) is 17.3 Å². The van der Waals surface area contributed by atoms with Gasteiger partial charge in [-0.25, -0.2) is 4.98 Å². The van der Waals surface area contributed by atoms with Gasteiger partial charge in [0.15, 0.2) is 6.10 Å². The molecule has 21 heavy (non-hydrogen) atoms. The first-order valence-corrected chi connectivity index (χ1v) is 6.63. The van der Waals surface area contributed by atoms with Crippen LogP contribution in [0.4, 0.5) is 5.82 Å². The van der Waals surface area contributed by atoms with Gasteiger partial charge in [-0.05, 0) is 49.7 Å². The van der Waals surface area contributed by atoms with Gasteiger partial charge in [0.25, 0.3) is 5.91 Å². The molecule has 1 aromatic carbocycles. The summed E-state index contributed by atoms with van der Waals surface area (Å²) in [5.74, 6) is 1.65. The first-order valence-electron chi connectivity index (χ1n) is 6.63. The molecule has 0 aliphatic carbocycles. The molecule has 0 fully saturated rings. The van der Waals surface area contributed by atoms with Gasteiger partial charge >= 0.3 is 0 Å². The number of nitrogens with zero attached hydrogens (tertiary/aromatic N) is 1. The number of hydrogen-bond acceptors (Lipinski definition) is 4. The smallest absolute Gasteiger partial charge is 0.266 e. The van der Waals surface area contributed by atoms with Gasteiger partial charge in [0, 0.05) is 6.20 Å². The predicted octanol–water partition coefficient (Wildman–Crippen LogP) is 2.80. The molecular formula is C16H18N2O3. The van der Waals surface area contributed by atoms with Crippen molar-refractivity contribution in [2.24, 2.45) is 0 Å². The van der Waals surface area contributed by atoms with Crippen molar-refractivity contribution in [2.45, 2.75) is 20.0 Å². The second kappa shape index (κ2) is 6.74. The summed E-state index contributed by atoms with van der Waals surface area (Å²) in [4.78, 5) is 16.2. The van der Waals surface area contributed by atoms with Crippen molar-refractivity contribution < 1.29 is 14.3 Å². The number of anilines is 1. The maximum atomic E-state index is 12.1. The number of nitrogens with one attached hydrogen (secondary N) is 1. The van der Waals surface area contributed by atoms with E-state index in [2.05, 4.69) is 10.3 Å². The zero-order valence-corrected chi connectivity index (χ0v) is 12.3. The van der Waals surface area contributed by atoms with Gasteiger partial charge in [0.05, 0.1) is 7.11 Å². The van der Waals surface area contributed by atoms with E-state index in [9.17, 15) is 4.79 Å². The van der Waals surface area contributed by atoms with E-state index in [1.165, 1.54) is 0 Å². The van der Waals surface area contributed by atoms with Crippen LogP contribution >= 0.6 is 0 Å². The van der Waals surface area contributed by atoms with Crippen molar-refractivity contribution >= 4 is 11.7 Å². The summed E-state index contributed by atoms with van der Waals surface area (Å²) in [6.07, 6.45) is 1.01. The Kier molecular flexibility index (Phi) is 4.77. The number of carbonyl (C=O) groups is 1. The Morgan fingerprint density at radius 2 is 1.86 bits per heavy atom. The Balaban J connectivity index is 1.97. The van der Waals surface area contributed by atoms with E-state index in [4.69, 9.17) is 9.47 Å². The molecule has 2 aromatic rings. The van der Waals surface area contributed by atoms with Crippen molar-refractivity contribution in [2.75, 3.05) is 12.4 Å². The highest BCUT2D eigenvalue weighted by Crippen LogP contribution is 2.18. The number of aryl methyl sites for hydroxylation is 1. The molecule has 0 saturated carbocycles. The lowest BCUT2D eigenvalue weighted by Crippen LogP contribution is -2.30. The topological polar surface area (TPSA) is 60.5 Å². The summed E-state index contributed by atoms with van der Waals surface area (Å²) in [5.41, 5.74) is 0.905. The maximum absolute atomic E-state index is 12.1. The molecule has 2 rings (SSSR count). The van der Waals surface area contributed by atoms with Crippen LogP contribution in [0, 0.1) is 6.92 Å². The first kappa shape index (κ1) is 14.8. The molecule has 110 valence electrons. The van der Waals surface area contributed by atoms with Crippen LogP contribution in [0.25, 0.3) is 0 Å². The molecule has 1 atom stereocenters. The molecule has 1 N–H and O–H groups in total. The third-order valence-electron chi connectivity index (χ3n) is 2.99. The minimum atomic E-state index is -0.625. The third-order valence-corrected chi connectivity index (χ3v) is 2.99. The molecule has 0 aliphatic heterocycles. The Bertz CT molecular complexity index is 611. The molecule has 5 nitrogen and oxygen atoms in total. The number of methoxy groups -OCH3 is 1. The fraction of sp³-hybridized carbons (Fsp3) is 0.250. The van der Waals surface area contributed by atoms with Crippen LogP contribution in [0.15, 0.2) is 42.6 Å². The lowest BCUT2D eigenvalue weighted by molar-refractivity contribution is -0.122. The van der Waals surface area contributed by atoms with Gasteiger partial charge in [-0.3, -0.25) is 4.79 Å². The van der Waals surface area contributed by atoms with Crippen molar-refractivity contribution in [1.82, 2.24) is 4.98 Å². The number of carbonyl (C=O) groups excluding carboxylic acids is 1. The number of aromatic nitrogens is 1. The highest BCUT2D eigenvalue weighted by molar-refractivity contribution is 5.93. The number of hydrogen-bond donors (Lipinski definition) is 1. The van der Waals surface area contributed by atoms with Crippen molar-refractivity contribution in [1.29, 1.82) is 0 Å². The van der Waals surface area contributed by atoms with Gasteiger partial charge < -0.3 is 14.8 Å². The number of benzene rings is 1. The lowest BCUT2D eigenvalue weighted by Gasteiger charge is -2.15. The SMILES string of the molecule is COc1ccc(O[C@@H](C)C(=O)Nc2ncccc2C)cc1. The van der Waals surface area contributed by atoms with Crippen molar-refractivity contribution in [3.8, 4) is 11.5 Å². The van der Waals surface area contributed by atoms with Crippen LogP contribution in [0.5, 0.6) is 11.5 Å². The highest BCUT2D eigenvalue weighted by atomic mass is 16.5. The largest absolute Gasteiger partial charge is 0.497 e. The maximum Gasteiger partial charge on any atom is 0.266 e. The molecule has 0 spiro atoms. The lowest BCUT2D eigenvalue weighted by atomic mass is 10.2. The van der Waals surface area contributed by atoms with Crippen molar-refractivity contribution in [3.05, 3.63) is 48.2 Å². The van der Waals surface area contributed by atoms with E-state index in [1.54, 1.807) is 44.5 Å². The minimum Gasteiger partial charge on any atom is -0.497 e. The summed E-state index contributed by atoms with van der Waals surface area (Å²) in [6.45, 7) is 3.58. The van der Waals surface area contributed by atoms with Gasteiger partial charge in [-0.2, -0.15) is 0 Å². The third kappa shape index (κ3) is 3.95. The van der Waals surface area contributed by atoms with E-state index in [1.807, 2.05) is 19.1 Å². The molecule has 1 heterocycles. The van der Waals surface area contributed by atoms with Crippen LogP contribution in [0.1, 0.15) is 12.5 Å². The number of amides is 1. The highest BCUT2D eigenvalue weighted by Gasteiger charge is 2.16. The minimum absolute atomic E-state index is 0.243. The summed E-state index contributed by atoms with van der Waals surface area (Å²) in [7, 11) is 1.60. The Hall–Kier alpha value is -2.56. The van der Waals surface area contributed by atoms with E-state index < -0.39 is 6.10 Å². The normalized spacial score (nSPS) is 11.6. The molecule has 0 bridgehead atoms. The van der Waals surface area contributed by atoms with Gasteiger partial charge in [-0.15, -0.1) is 0 Å². The summed E-state index contributed by atoms with van der Waals surface area (Å²) in [5, 5.41) is 2.75. The van der Waals surface area contributed by atoms with E-state index in [-0.39, 0.29) is 5.91 Å².